The van der Waals surface area contributed by atoms with E-state index >= 15 is 0 Å². The van der Waals surface area contributed by atoms with E-state index in [0.717, 1.165) is 24.2 Å². The fraction of sp³-hybridized carbons (Fsp3) is 0.211. The molecule has 0 amide bonds. The Kier molecular flexibility index (Phi) is 6.40. The van der Waals surface area contributed by atoms with Gasteiger partial charge in [-0.05, 0) is 23.8 Å². The number of carbonyl (C=O) groups excluding carboxylic acids is 1. The smallest absolute Gasteiger partial charge is 0.161 e. The van der Waals surface area contributed by atoms with Crippen molar-refractivity contribution in [3.8, 4) is 11.5 Å². The van der Waals surface area contributed by atoms with Crippen LogP contribution in [0.3, 0.4) is 0 Å². The van der Waals surface area contributed by atoms with Crippen LogP contribution in [0.1, 0.15) is 21.5 Å². The minimum absolute atomic E-state index is 0.193. The van der Waals surface area contributed by atoms with Crippen LogP contribution in [0.4, 0.5) is 0 Å². The number of hydrogen-bond acceptors (Lipinski definition) is 4. The van der Waals surface area contributed by atoms with Gasteiger partial charge in [-0.1, -0.05) is 36.9 Å². The Morgan fingerprint density at radius 3 is 2.42 bits per heavy atom. The van der Waals surface area contributed by atoms with Crippen LogP contribution >= 0.6 is 0 Å². The van der Waals surface area contributed by atoms with Crippen molar-refractivity contribution in [1.82, 2.24) is 0 Å². The van der Waals surface area contributed by atoms with E-state index in [4.69, 9.17) is 9.47 Å². The summed E-state index contributed by atoms with van der Waals surface area (Å²) in [6.45, 7) is 5.59. The van der Waals surface area contributed by atoms with Gasteiger partial charge in [0.05, 0.1) is 13.1 Å². The SMILES string of the molecule is C=CCOc1ccc(C[NH2+]Cc2ccc(C(=O)[O-])cc2)cc1OC. The van der Waals surface area contributed by atoms with Gasteiger partial charge in [-0.15, -0.1) is 0 Å². The molecule has 0 atom stereocenters. The number of carbonyl (C=O) groups is 1. The summed E-state index contributed by atoms with van der Waals surface area (Å²) in [5.41, 5.74) is 2.36. The fourth-order valence-corrected chi connectivity index (χ4v) is 2.29. The second-order valence-corrected chi connectivity index (χ2v) is 5.27. The third-order valence-corrected chi connectivity index (χ3v) is 3.53. The molecule has 2 N–H and O–H groups in total. The molecule has 2 aromatic carbocycles. The molecular weight excluding hydrogens is 306 g/mol. The van der Waals surface area contributed by atoms with E-state index in [9.17, 15) is 9.90 Å². The van der Waals surface area contributed by atoms with Gasteiger partial charge in [-0.2, -0.15) is 0 Å². The standard InChI is InChI=1S/C19H21NO4/c1-3-10-24-17-9-6-15(11-18(17)23-2)13-20-12-14-4-7-16(8-5-14)19(21)22/h3-9,11,20H,1,10,12-13H2,2H3,(H,21,22). The third-order valence-electron chi connectivity index (χ3n) is 3.53. The molecule has 0 unspecified atom stereocenters. The number of aromatic carboxylic acids is 1. The molecule has 0 heterocycles. The zero-order chi connectivity index (χ0) is 17.4. The molecule has 0 spiro atoms. The Morgan fingerprint density at radius 2 is 1.79 bits per heavy atom. The number of rotatable bonds is 9. The first-order chi connectivity index (χ1) is 11.6. The van der Waals surface area contributed by atoms with E-state index in [0.29, 0.717) is 18.1 Å². The maximum absolute atomic E-state index is 10.7. The second-order valence-electron chi connectivity index (χ2n) is 5.27. The minimum Gasteiger partial charge on any atom is -0.545 e. The molecule has 2 aromatic rings. The molecule has 2 rings (SSSR count). The Morgan fingerprint density at radius 1 is 1.12 bits per heavy atom. The molecule has 0 aliphatic rings. The third kappa shape index (κ3) is 4.86. The predicted molar refractivity (Wildman–Crippen MR) is 88.8 cm³/mol. The first-order valence-electron chi connectivity index (χ1n) is 7.66. The van der Waals surface area contributed by atoms with E-state index in [2.05, 4.69) is 11.9 Å². The molecule has 0 radical (unpaired) electrons. The van der Waals surface area contributed by atoms with Crippen molar-refractivity contribution in [2.24, 2.45) is 0 Å². The topological polar surface area (TPSA) is 75.2 Å². The first-order valence-corrected chi connectivity index (χ1v) is 7.66. The lowest BCUT2D eigenvalue weighted by molar-refractivity contribution is -0.686. The molecule has 126 valence electrons. The van der Waals surface area contributed by atoms with Gasteiger partial charge >= 0.3 is 0 Å². The maximum atomic E-state index is 10.7. The highest BCUT2D eigenvalue weighted by atomic mass is 16.5. The van der Waals surface area contributed by atoms with Crippen molar-refractivity contribution in [3.05, 3.63) is 71.8 Å². The summed E-state index contributed by atoms with van der Waals surface area (Å²) in [7, 11) is 1.61. The number of carboxylic acids is 1. The van der Waals surface area contributed by atoms with Crippen molar-refractivity contribution in [2.75, 3.05) is 13.7 Å². The zero-order valence-corrected chi connectivity index (χ0v) is 13.7. The average molecular weight is 327 g/mol. The van der Waals surface area contributed by atoms with Crippen molar-refractivity contribution < 1.29 is 24.7 Å². The first kappa shape index (κ1) is 17.6. The van der Waals surface area contributed by atoms with Crippen molar-refractivity contribution >= 4 is 5.97 Å². The summed E-state index contributed by atoms with van der Waals surface area (Å²) in [5.74, 6) is 0.233. The van der Waals surface area contributed by atoms with Gasteiger partial charge in [0.15, 0.2) is 11.5 Å². The van der Waals surface area contributed by atoms with Crippen molar-refractivity contribution in [1.29, 1.82) is 0 Å². The molecule has 0 aliphatic heterocycles. The molecule has 0 aromatic heterocycles. The van der Waals surface area contributed by atoms with Crippen LogP contribution in [0, 0.1) is 0 Å². The summed E-state index contributed by atoms with van der Waals surface area (Å²) in [4.78, 5) is 10.7. The number of hydrogen-bond donors (Lipinski definition) is 1. The molecule has 0 aliphatic carbocycles. The normalized spacial score (nSPS) is 10.2. The molecular formula is C19H21NO4. The highest BCUT2D eigenvalue weighted by molar-refractivity contribution is 5.85. The Bertz CT molecular complexity index is 695. The fourth-order valence-electron chi connectivity index (χ4n) is 2.29. The molecule has 0 saturated heterocycles. The van der Waals surface area contributed by atoms with E-state index in [-0.39, 0.29) is 5.56 Å². The van der Waals surface area contributed by atoms with Gasteiger partial charge < -0.3 is 24.7 Å². The van der Waals surface area contributed by atoms with Gasteiger partial charge in [-0.3, -0.25) is 0 Å². The van der Waals surface area contributed by atoms with Gasteiger partial charge in [0.2, 0.25) is 0 Å². The van der Waals surface area contributed by atoms with Gasteiger partial charge in [0.1, 0.15) is 19.7 Å². The van der Waals surface area contributed by atoms with Crippen LogP contribution in [-0.4, -0.2) is 19.7 Å². The number of methoxy groups -OCH3 is 1. The monoisotopic (exact) mass is 327 g/mol. The Hall–Kier alpha value is -2.79. The lowest BCUT2D eigenvalue weighted by Gasteiger charge is -2.11. The molecule has 0 fully saturated rings. The number of carboxylic acid groups (broad SMARTS) is 1. The molecule has 0 saturated carbocycles. The minimum atomic E-state index is -1.16. The molecule has 5 nitrogen and oxygen atoms in total. The van der Waals surface area contributed by atoms with E-state index in [1.165, 1.54) is 0 Å². The average Bonchev–Trinajstić information content (AvgIpc) is 2.60. The van der Waals surface area contributed by atoms with Crippen LogP contribution in [0.25, 0.3) is 0 Å². The summed E-state index contributed by atoms with van der Waals surface area (Å²) < 4.78 is 10.9. The largest absolute Gasteiger partial charge is 0.545 e. The number of quaternary nitrogens is 1. The summed E-state index contributed by atoms with van der Waals surface area (Å²) in [5, 5.41) is 12.9. The number of benzene rings is 2. The van der Waals surface area contributed by atoms with Crippen LogP contribution < -0.4 is 19.9 Å². The second kappa shape index (κ2) is 8.74. The quantitative estimate of drug-likeness (QED) is 0.694. The Balaban J connectivity index is 1.91. The van der Waals surface area contributed by atoms with Gasteiger partial charge in [0, 0.05) is 11.1 Å². The van der Waals surface area contributed by atoms with Gasteiger partial charge in [0.25, 0.3) is 0 Å². The van der Waals surface area contributed by atoms with Crippen LogP contribution in [0.5, 0.6) is 11.5 Å². The highest BCUT2D eigenvalue weighted by Crippen LogP contribution is 2.27. The van der Waals surface area contributed by atoms with E-state index in [1.54, 1.807) is 37.5 Å². The van der Waals surface area contributed by atoms with E-state index < -0.39 is 5.97 Å². The van der Waals surface area contributed by atoms with Crippen LogP contribution in [-0.2, 0) is 13.1 Å². The zero-order valence-electron chi connectivity index (χ0n) is 13.7. The predicted octanol–water partition coefficient (Wildman–Crippen LogP) is 0.887. The Labute approximate surface area is 141 Å². The summed E-state index contributed by atoms with van der Waals surface area (Å²) in [6, 6.07) is 12.6. The lowest BCUT2D eigenvalue weighted by atomic mass is 10.1. The highest BCUT2D eigenvalue weighted by Gasteiger charge is 2.06. The van der Waals surface area contributed by atoms with Crippen molar-refractivity contribution in [2.45, 2.75) is 13.1 Å². The summed E-state index contributed by atoms with van der Waals surface area (Å²) in [6.07, 6.45) is 1.69. The van der Waals surface area contributed by atoms with Crippen LogP contribution in [0.15, 0.2) is 55.1 Å². The van der Waals surface area contributed by atoms with Gasteiger partial charge in [-0.25, -0.2) is 0 Å². The maximum Gasteiger partial charge on any atom is 0.161 e. The molecule has 0 bridgehead atoms. The number of nitrogens with two attached hydrogens (primary N) is 1. The molecule has 24 heavy (non-hydrogen) atoms. The number of ether oxygens (including phenoxy) is 2. The lowest BCUT2D eigenvalue weighted by Crippen LogP contribution is -2.80. The summed E-state index contributed by atoms with van der Waals surface area (Å²) >= 11 is 0. The molecule has 5 heteroatoms. The van der Waals surface area contributed by atoms with Crippen LogP contribution in [0.2, 0.25) is 0 Å². The van der Waals surface area contributed by atoms with Crippen molar-refractivity contribution in [3.63, 3.8) is 0 Å². The van der Waals surface area contributed by atoms with E-state index in [1.807, 2.05) is 18.2 Å².